The van der Waals surface area contributed by atoms with E-state index in [1.54, 1.807) is 0 Å². The molecule has 0 bridgehead atoms. The predicted octanol–water partition coefficient (Wildman–Crippen LogP) is 1.20. The van der Waals surface area contributed by atoms with Gasteiger partial charge in [-0.3, -0.25) is 0 Å². The fourth-order valence-corrected chi connectivity index (χ4v) is 2.09. The number of aliphatic hydroxyl groups is 1. The molecule has 1 aromatic carbocycles. The van der Waals surface area contributed by atoms with Gasteiger partial charge in [0.2, 0.25) is 0 Å². The largest absolute Gasteiger partial charge is 0.630 e. The first-order valence-corrected chi connectivity index (χ1v) is 5.80. The highest BCUT2D eigenvalue weighted by molar-refractivity contribution is 5.45. The Morgan fingerprint density at radius 3 is 2.82 bits per heavy atom. The van der Waals surface area contributed by atoms with Gasteiger partial charge in [-0.15, -0.1) is 0 Å². The van der Waals surface area contributed by atoms with Crippen LogP contribution in [0.15, 0.2) is 18.2 Å². The van der Waals surface area contributed by atoms with Crippen molar-refractivity contribution in [3.63, 3.8) is 0 Å². The highest BCUT2D eigenvalue weighted by atomic mass is 19.1. The van der Waals surface area contributed by atoms with E-state index >= 15 is 0 Å². The third-order valence-corrected chi connectivity index (χ3v) is 3.05. The first kappa shape index (κ1) is 12.3. The second-order valence-electron chi connectivity index (χ2n) is 4.31. The van der Waals surface area contributed by atoms with Gasteiger partial charge in [0.05, 0.1) is 6.10 Å². The van der Waals surface area contributed by atoms with Crippen molar-refractivity contribution < 1.29 is 19.7 Å². The normalized spacial score (nSPS) is 24.6. The molecule has 1 fully saturated rings. The van der Waals surface area contributed by atoms with Crippen molar-refractivity contribution in [3.8, 4) is 5.75 Å². The smallest absolute Gasteiger partial charge is 0.183 e. The zero-order valence-corrected chi connectivity index (χ0v) is 9.43. The average molecular weight is 241 g/mol. The number of hydrogen-bond acceptors (Lipinski definition) is 3. The molecule has 0 aromatic heterocycles. The molecular formula is C12H16FNO3. The summed E-state index contributed by atoms with van der Waals surface area (Å²) in [4.78, 5) is 0. The van der Waals surface area contributed by atoms with Crippen LogP contribution in [0.1, 0.15) is 25.7 Å². The Labute approximate surface area is 99.0 Å². The first-order chi connectivity index (χ1) is 8.20. The van der Waals surface area contributed by atoms with Crippen LogP contribution in [0.4, 0.5) is 10.1 Å². The molecule has 94 valence electrons. The van der Waals surface area contributed by atoms with Crippen LogP contribution in [0.25, 0.3) is 0 Å². The maximum Gasteiger partial charge on any atom is 0.183 e. The van der Waals surface area contributed by atoms with Crippen LogP contribution in [0.2, 0.25) is 0 Å². The minimum atomic E-state index is -0.536. The summed E-state index contributed by atoms with van der Waals surface area (Å²) in [5.41, 5.74) is 0.938. The number of quaternary nitrogens is 1. The standard InChI is InChI=1S/C12H16FNO3/c13-8-5-6-9(14-16)12(7-8)17-11-4-2-1-3-10(11)15/h5-7,10-11,15H,1-4,14H2. The fourth-order valence-electron chi connectivity index (χ4n) is 2.09. The molecule has 0 spiro atoms. The first-order valence-electron chi connectivity index (χ1n) is 5.80. The zero-order chi connectivity index (χ0) is 12.3. The number of nitrogens with two attached hydrogens (primary N) is 1. The summed E-state index contributed by atoms with van der Waals surface area (Å²) < 4.78 is 18.6. The lowest BCUT2D eigenvalue weighted by Gasteiger charge is -2.28. The lowest BCUT2D eigenvalue weighted by atomic mass is 9.95. The van der Waals surface area contributed by atoms with Crippen LogP contribution in [0.5, 0.6) is 5.75 Å². The van der Waals surface area contributed by atoms with Gasteiger partial charge in [-0.25, -0.2) is 4.39 Å². The molecule has 0 radical (unpaired) electrons. The molecule has 5 heteroatoms. The molecule has 3 N–H and O–H groups in total. The van der Waals surface area contributed by atoms with Gasteiger partial charge in [-0.05, 0) is 25.3 Å². The Hall–Kier alpha value is -1.17. The summed E-state index contributed by atoms with van der Waals surface area (Å²) in [5.74, 6) is -0.234. The fraction of sp³-hybridized carbons (Fsp3) is 0.500. The molecule has 2 unspecified atom stereocenters. The molecule has 1 aliphatic rings. The summed E-state index contributed by atoms with van der Waals surface area (Å²) in [6, 6.07) is 3.78. The van der Waals surface area contributed by atoms with Crippen molar-refractivity contribution in [3.05, 3.63) is 29.2 Å². The maximum absolute atomic E-state index is 13.1. The Bertz CT molecular complexity index is 386. The van der Waals surface area contributed by atoms with Gasteiger partial charge in [0, 0.05) is 12.1 Å². The summed E-state index contributed by atoms with van der Waals surface area (Å²) in [6.45, 7) is 0. The van der Waals surface area contributed by atoms with E-state index in [0.29, 0.717) is 17.6 Å². The number of aliphatic hydroxyl groups excluding tert-OH is 1. The van der Waals surface area contributed by atoms with E-state index in [1.807, 2.05) is 0 Å². The number of benzene rings is 1. The second kappa shape index (κ2) is 5.44. The van der Waals surface area contributed by atoms with Crippen molar-refractivity contribution in [1.29, 1.82) is 0 Å². The SMILES string of the molecule is [O-][NH2+]c1ccc(F)cc1OC1CCCCC1O. The Balaban J connectivity index is 2.13. The van der Waals surface area contributed by atoms with Gasteiger partial charge in [-0.2, -0.15) is 0 Å². The Morgan fingerprint density at radius 1 is 1.35 bits per heavy atom. The summed E-state index contributed by atoms with van der Waals surface area (Å²) in [7, 11) is 0. The van der Waals surface area contributed by atoms with Crippen LogP contribution in [-0.2, 0) is 0 Å². The number of ether oxygens (including phenoxy) is 1. The van der Waals surface area contributed by atoms with E-state index < -0.39 is 11.9 Å². The molecule has 0 aliphatic heterocycles. The van der Waals surface area contributed by atoms with E-state index in [-0.39, 0.29) is 11.9 Å². The molecule has 0 saturated heterocycles. The van der Waals surface area contributed by atoms with Gasteiger partial charge in [0.25, 0.3) is 0 Å². The zero-order valence-electron chi connectivity index (χ0n) is 9.43. The molecule has 4 nitrogen and oxygen atoms in total. The predicted molar refractivity (Wildman–Crippen MR) is 60.2 cm³/mol. The molecule has 17 heavy (non-hydrogen) atoms. The molecule has 1 aromatic rings. The number of halogens is 1. The van der Waals surface area contributed by atoms with Gasteiger partial charge < -0.3 is 20.5 Å². The van der Waals surface area contributed by atoms with E-state index in [1.165, 1.54) is 18.2 Å². The molecule has 1 aliphatic carbocycles. The molecule has 2 atom stereocenters. The number of hydrogen-bond donors (Lipinski definition) is 2. The van der Waals surface area contributed by atoms with Crippen LogP contribution in [0, 0.1) is 11.0 Å². The van der Waals surface area contributed by atoms with E-state index in [0.717, 1.165) is 19.3 Å². The lowest BCUT2D eigenvalue weighted by molar-refractivity contribution is -0.498. The van der Waals surface area contributed by atoms with Crippen LogP contribution in [-0.4, -0.2) is 17.3 Å². The number of rotatable bonds is 3. The third-order valence-electron chi connectivity index (χ3n) is 3.05. The summed E-state index contributed by atoms with van der Waals surface area (Å²) >= 11 is 0. The molecule has 0 heterocycles. The van der Waals surface area contributed by atoms with E-state index in [4.69, 9.17) is 4.74 Å². The van der Waals surface area contributed by atoms with Crippen molar-refractivity contribution in [2.24, 2.45) is 0 Å². The molecule has 2 rings (SSSR count). The molecule has 1 saturated carbocycles. The molecular weight excluding hydrogens is 225 g/mol. The highest BCUT2D eigenvalue weighted by Crippen LogP contribution is 2.27. The highest BCUT2D eigenvalue weighted by Gasteiger charge is 2.25. The van der Waals surface area contributed by atoms with Gasteiger partial charge in [-0.1, -0.05) is 6.42 Å². The average Bonchev–Trinajstić information content (AvgIpc) is 2.32. The van der Waals surface area contributed by atoms with Crippen molar-refractivity contribution in [2.45, 2.75) is 37.9 Å². The van der Waals surface area contributed by atoms with E-state index in [2.05, 4.69) is 0 Å². The Morgan fingerprint density at radius 2 is 2.12 bits per heavy atom. The van der Waals surface area contributed by atoms with Crippen molar-refractivity contribution in [1.82, 2.24) is 0 Å². The monoisotopic (exact) mass is 241 g/mol. The summed E-state index contributed by atoms with van der Waals surface area (Å²) in [6.07, 6.45) is 2.50. The lowest BCUT2D eigenvalue weighted by Crippen LogP contribution is -2.70. The second-order valence-corrected chi connectivity index (χ2v) is 4.31. The van der Waals surface area contributed by atoms with E-state index in [9.17, 15) is 14.7 Å². The van der Waals surface area contributed by atoms with Gasteiger partial charge in [0.15, 0.2) is 11.4 Å². The van der Waals surface area contributed by atoms with Crippen molar-refractivity contribution in [2.75, 3.05) is 0 Å². The van der Waals surface area contributed by atoms with Gasteiger partial charge in [0.1, 0.15) is 11.9 Å². The van der Waals surface area contributed by atoms with Crippen LogP contribution >= 0.6 is 0 Å². The third kappa shape index (κ3) is 2.94. The summed E-state index contributed by atoms with van der Waals surface area (Å²) in [5, 5.41) is 20.6. The quantitative estimate of drug-likeness (QED) is 0.617. The minimum absolute atomic E-state index is 0.214. The van der Waals surface area contributed by atoms with Crippen molar-refractivity contribution >= 4 is 5.69 Å². The van der Waals surface area contributed by atoms with Gasteiger partial charge >= 0.3 is 0 Å². The topological polar surface area (TPSA) is 69.1 Å². The maximum atomic E-state index is 13.1. The molecule has 0 amide bonds. The minimum Gasteiger partial charge on any atom is -0.630 e. The van der Waals surface area contributed by atoms with Crippen LogP contribution < -0.4 is 10.2 Å². The Kier molecular flexibility index (Phi) is 3.93. The van der Waals surface area contributed by atoms with Crippen LogP contribution in [0.3, 0.4) is 0 Å².